The molecule has 31 heavy (non-hydrogen) atoms. The third-order valence-electron chi connectivity index (χ3n) is 6.70. The number of rotatable bonds is 5. The predicted octanol–water partition coefficient (Wildman–Crippen LogP) is 2.53. The third-order valence-corrected chi connectivity index (χ3v) is 6.70. The summed E-state index contributed by atoms with van der Waals surface area (Å²) in [5, 5.41) is 0. The van der Waals surface area contributed by atoms with E-state index >= 15 is 0 Å². The van der Waals surface area contributed by atoms with Crippen molar-refractivity contribution in [2.24, 2.45) is 7.05 Å². The van der Waals surface area contributed by atoms with Gasteiger partial charge >= 0.3 is 0 Å². The smallest absolute Gasteiger partial charge is 0.295 e. The van der Waals surface area contributed by atoms with Gasteiger partial charge in [-0.05, 0) is 64.7 Å². The van der Waals surface area contributed by atoms with Gasteiger partial charge in [0.25, 0.3) is 5.56 Å². The number of aryl methyl sites for hydroxylation is 1. The Balaban J connectivity index is 1.73. The van der Waals surface area contributed by atoms with Gasteiger partial charge in [0.05, 0.1) is 24.5 Å². The number of quaternary nitrogens is 1. The van der Waals surface area contributed by atoms with Crippen LogP contribution in [0, 0.1) is 20.8 Å². The van der Waals surface area contributed by atoms with Crippen LogP contribution in [0.25, 0.3) is 11.4 Å². The SMILES string of the molecule is Cc1cc(C(=O)C[NH+]2CCCCCC2)c(C)n1-c1c(C)n(C)n(-c2ccccc2)c1=O. The van der Waals surface area contributed by atoms with Crippen molar-refractivity contribution in [2.45, 2.75) is 46.5 Å². The summed E-state index contributed by atoms with van der Waals surface area (Å²) >= 11 is 0. The molecule has 0 unspecified atom stereocenters. The van der Waals surface area contributed by atoms with Crippen LogP contribution in [-0.2, 0) is 7.05 Å². The Labute approximate surface area is 183 Å². The number of benzene rings is 1. The number of carbonyl (C=O) groups is 1. The summed E-state index contributed by atoms with van der Waals surface area (Å²) in [5.74, 6) is 0.174. The molecule has 1 aliphatic rings. The summed E-state index contributed by atoms with van der Waals surface area (Å²) < 4.78 is 5.53. The average molecular weight is 422 g/mol. The highest BCUT2D eigenvalue weighted by Crippen LogP contribution is 2.22. The first-order chi connectivity index (χ1) is 14.9. The number of para-hydroxylation sites is 1. The number of hydrogen-bond donors (Lipinski definition) is 1. The van der Waals surface area contributed by atoms with Crippen molar-refractivity contribution in [3.63, 3.8) is 0 Å². The zero-order valence-electron chi connectivity index (χ0n) is 19.1. The van der Waals surface area contributed by atoms with Crippen molar-refractivity contribution in [1.29, 1.82) is 0 Å². The van der Waals surface area contributed by atoms with Gasteiger partial charge in [0.2, 0.25) is 5.78 Å². The van der Waals surface area contributed by atoms with Gasteiger partial charge in [-0.15, -0.1) is 0 Å². The third kappa shape index (κ3) is 3.92. The van der Waals surface area contributed by atoms with E-state index in [2.05, 4.69) is 0 Å². The Morgan fingerprint density at radius 3 is 2.26 bits per heavy atom. The number of carbonyl (C=O) groups excluding carboxylic acids is 1. The topological polar surface area (TPSA) is 53.4 Å². The molecule has 6 heteroatoms. The molecule has 0 saturated carbocycles. The Morgan fingerprint density at radius 1 is 0.968 bits per heavy atom. The molecule has 3 aromatic rings. The zero-order chi connectivity index (χ0) is 22.1. The maximum Gasteiger partial charge on any atom is 0.295 e. The van der Waals surface area contributed by atoms with Gasteiger partial charge in [0.15, 0.2) is 0 Å². The Morgan fingerprint density at radius 2 is 1.61 bits per heavy atom. The largest absolute Gasteiger partial charge is 0.328 e. The van der Waals surface area contributed by atoms with Gasteiger partial charge in [0.1, 0.15) is 12.2 Å². The molecule has 4 rings (SSSR count). The molecule has 0 spiro atoms. The van der Waals surface area contributed by atoms with Crippen LogP contribution in [0.4, 0.5) is 0 Å². The van der Waals surface area contributed by atoms with Crippen LogP contribution in [-0.4, -0.2) is 39.3 Å². The minimum Gasteiger partial charge on any atom is -0.328 e. The molecule has 0 atom stereocenters. The van der Waals surface area contributed by atoms with E-state index in [-0.39, 0.29) is 11.3 Å². The van der Waals surface area contributed by atoms with Crippen LogP contribution in [0.3, 0.4) is 0 Å². The van der Waals surface area contributed by atoms with Gasteiger partial charge in [-0.2, -0.15) is 0 Å². The van der Waals surface area contributed by atoms with Gasteiger partial charge in [-0.1, -0.05) is 18.2 Å². The number of ketones is 1. The molecule has 164 valence electrons. The number of nitrogens with one attached hydrogen (secondary N) is 1. The molecule has 0 bridgehead atoms. The summed E-state index contributed by atoms with van der Waals surface area (Å²) in [4.78, 5) is 28.0. The van der Waals surface area contributed by atoms with Crippen LogP contribution < -0.4 is 10.5 Å². The number of nitrogens with zero attached hydrogens (tertiary/aromatic N) is 3. The van der Waals surface area contributed by atoms with Gasteiger partial charge < -0.3 is 9.47 Å². The van der Waals surface area contributed by atoms with E-state index in [1.807, 2.05) is 73.5 Å². The first-order valence-corrected chi connectivity index (χ1v) is 11.3. The Bertz CT molecular complexity index is 1140. The van der Waals surface area contributed by atoms with Crippen molar-refractivity contribution < 1.29 is 9.69 Å². The predicted molar refractivity (Wildman–Crippen MR) is 123 cm³/mol. The average Bonchev–Trinajstić information content (AvgIpc) is 3.02. The fourth-order valence-corrected chi connectivity index (χ4v) is 4.93. The minimum absolute atomic E-state index is 0.0786. The van der Waals surface area contributed by atoms with Crippen LogP contribution in [0.1, 0.15) is 53.1 Å². The quantitative estimate of drug-likeness (QED) is 0.644. The number of hydrogen-bond acceptors (Lipinski definition) is 2. The molecule has 1 N–H and O–H groups in total. The van der Waals surface area contributed by atoms with E-state index in [0.717, 1.165) is 41.4 Å². The lowest BCUT2D eigenvalue weighted by Gasteiger charge is -2.16. The monoisotopic (exact) mass is 421 g/mol. The Kier molecular flexibility index (Phi) is 6.01. The van der Waals surface area contributed by atoms with Crippen molar-refractivity contribution in [1.82, 2.24) is 13.9 Å². The molecule has 1 aromatic carbocycles. The minimum atomic E-state index is -0.0786. The second kappa shape index (κ2) is 8.71. The van der Waals surface area contributed by atoms with Crippen molar-refractivity contribution in [3.05, 3.63) is 69.4 Å². The molecule has 6 nitrogen and oxygen atoms in total. The summed E-state index contributed by atoms with van der Waals surface area (Å²) in [7, 11) is 1.90. The lowest BCUT2D eigenvalue weighted by atomic mass is 10.1. The first-order valence-electron chi connectivity index (χ1n) is 11.3. The van der Waals surface area contributed by atoms with Crippen LogP contribution in [0.2, 0.25) is 0 Å². The second-order valence-corrected chi connectivity index (χ2v) is 8.79. The molecular weight excluding hydrogens is 388 g/mol. The molecule has 1 fully saturated rings. The van der Waals surface area contributed by atoms with E-state index in [1.54, 1.807) is 4.68 Å². The van der Waals surface area contributed by atoms with Crippen molar-refractivity contribution in [3.8, 4) is 11.4 Å². The lowest BCUT2D eigenvalue weighted by molar-refractivity contribution is -0.890. The molecular formula is C25H33N4O2+. The van der Waals surface area contributed by atoms with Gasteiger partial charge in [-0.3, -0.25) is 14.3 Å². The van der Waals surface area contributed by atoms with E-state index in [1.165, 1.54) is 30.6 Å². The van der Waals surface area contributed by atoms with E-state index < -0.39 is 0 Å². The normalized spacial score (nSPS) is 15.2. The molecule has 0 amide bonds. The molecule has 1 saturated heterocycles. The van der Waals surface area contributed by atoms with Gasteiger partial charge in [0, 0.05) is 24.0 Å². The van der Waals surface area contributed by atoms with Crippen LogP contribution in [0.15, 0.2) is 41.2 Å². The molecule has 0 radical (unpaired) electrons. The summed E-state index contributed by atoms with van der Waals surface area (Å²) in [6, 6.07) is 11.6. The molecule has 1 aliphatic heterocycles. The first kappa shape index (κ1) is 21.4. The molecule has 2 aromatic heterocycles. The number of aromatic nitrogens is 3. The lowest BCUT2D eigenvalue weighted by Crippen LogP contribution is -3.12. The highest BCUT2D eigenvalue weighted by atomic mass is 16.1. The summed E-state index contributed by atoms with van der Waals surface area (Å²) in [6.07, 6.45) is 4.94. The fraction of sp³-hybridized carbons (Fsp3) is 0.440. The maximum atomic E-state index is 13.5. The standard InChI is InChI=1S/C25H32N4O2/c1-18-16-22(23(30)17-27-14-10-5-6-11-15-27)19(2)28(18)24-20(3)26(4)29(25(24)31)21-12-8-7-9-13-21/h7-9,12-13,16H,5-6,10-11,14-15,17H2,1-4H3/p+1. The molecule has 0 aliphatic carbocycles. The summed E-state index contributed by atoms with van der Waals surface area (Å²) in [5.41, 5.74) is 4.73. The second-order valence-electron chi connectivity index (χ2n) is 8.79. The summed E-state index contributed by atoms with van der Waals surface area (Å²) in [6.45, 7) is 8.57. The van der Waals surface area contributed by atoms with Crippen LogP contribution >= 0.6 is 0 Å². The highest BCUT2D eigenvalue weighted by Gasteiger charge is 2.25. The highest BCUT2D eigenvalue weighted by molar-refractivity contribution is 5.98. The van der Waals surface area contributed by atoms with Crippen molar-refractivity contribution in [2.75, 3.05) is 19.6 Å². The maximum absolute atomic E-state index is 13.5. The fourth-order valence-electron chi connectivity index (χ4n) is 4.93. The number of likely N-dealkylation sites (tertiary alicyclic amines) is 1. The van der Waals surface area contributed by atoms with E-state index in [9.17, 15) is 9.59 Å². The van der Waals surface area contributed by atoms with Crippen LogP contribution in [0.5, 0.6) is 0 Å². The number of Topliss-reactive ketones (excluding diaryl/α,β-unsaturated/α-hetero) is 1. The molecule has 3 heterocycles. The van der Waals surface area contributed by atoms with E-state index in [4.69, 9.17) is 0 Å². The Hall–Kier alpha value is -2.86. The van der Waals surface area contributed by atoms with Crippen molar-refractivity contribution >= 4 is 5.78 Å². The van der Waals surface area contributed by atoms with E-state index in [0.29, 0.717) is 12.2 Å². The zero-order valence-corrected chi connectivity index (χ0v) is 19.1. The van der Waals surface area contributed by atoms with Gasteiger partial charge in [-0.25, -0.2) is 4.68 Å².